The topological polar surface area (TPSA) is 69.4 Å². The number of esters is 1. The van der Waals surface area contributed by atoms with Crippen LogP contribution in [-0.2, 0) is 4.79 Å². The fourth-order valence-corrected chi connectivity index (χ4v) is 1.27. The zero-order valence-corrected chi connectivity index (χ0v) is 9.39. The summed E-state index contributed by atoms with van der Waals surface area (Å²) < 4.78 is 4.85. The molecule has 5 heteroatoms. The van der Waals surface area contributed by atoms with Crippen molar-refractivity contribution in [1.82, 2.24) is 0 Å². The smallest absolute Gasteiger partial charge is 0.308 e. The fourth-order valence-electron chi connectivity index (χ4n) is 1.27. The predicted octanol–water partition coefficient (Wildman–Crippen LogP) is 2.64. The highest BCUT2D eigenvalue weighted by molar-refractivity contribution is 5.69. The van der Waals surface area contributed by atoms with Crippen molar-refractivity contribution in [3.05, 3.63) is 33.9 Å². The Morgan fingerprint density at radius 3 is 2.44 bits per heavy atom. The number of nitro groups is 1. The molecule has 86 valence electrons. The van der Waals surface area contributed by atoms with Gasteiger partial charge in [0.25, 0.3) is 5.69 Å². The molecule has 0 spiro atoms. The number of hydrogen-bond acceptors (Lipinski definition) is 4. The van der Waals surface area contributed by atoms with Crippen LogP contribution in [0.3, 0.4) is 0 Å². The third kappa shape index (κ3) is 3.05. The maximum Gasteiger partial charge on any atom is 0.308 e. The molecule has 0 aliphatic heterocycles. The SMILES string of the molecule is CC(=O)Oc1cc(C(C)C)cc([N+](=O)[O-])c1. The summed E-state index contributed by atoms with van der Waals surface area (Å²) in [6, 6.07) is 4.37. The van der Waals surface area contributed by atoms with Gasteiger partial charge in [0.1, 0.15) is 5.75 Å². The van der Waals surface area contributed by atoms with Crippen LogP contribution in [0.5, 0.6) is 5.75 Å². The molecule has 0 aromatic heterocycles. The minimum absolute atomic E-state index is 0.0672. The molecule has 1 aromatic carbocycles. The second-order valence-electron chi connectivity index (χ2n) is 3.77. The van der Waals surface area contributed by atoms with Gasteiger partial charge in [0, 0.05) is 13.0 Å². The van der Waals surface area contributed by atoms with Gasteiger partial charge in [-0.2, -0.15) is 0 Å². The fraction of sp³-hybridized carbons (Fsp3) is 0.364. The highest BCUT2D eigenvalue weighted by atomic mass is 16.6. The van der Waals surface area contributed by atoms with E-state index in [0.29, 0.717) is 0 Å². The van der Waals surface area contributed by atoms with Gasteiger partial charge in [-0.25, -0.2) is 0 Å². The molecule has 1 aromatic rings. The maximum absolute atomic E-state index is 10.8. The van der Waals surface area contributed by atoms with Crippen LogP contribution in [0, 0.1) is 10.1 Å². The molecule has 0 N–H and O–H groups in total. The van der Waals surface area contributed by atoms with Gasteiger partial charge in [-0.3, -0.25) is 14.9 Å². The molecular weight excluding hydrogens is 210 g/mol. The number of nitrogens with zero attached hydrogens (tertiary/aromatic N) is 1. The molecule has 0 aliphatic rings. The number of benzene rings is 1. The molecule has 5 nitrogen and oxygen atoms in total. The minimum Gasteiger partial charge on any atom is -0.426 e. The Hall–Kier alpha value is -1.91. The summed E-state index contributed by atoms with van der Waals surface area (Å²) >= 11 is 0. The first-order valence-corrected chi connectivity index (χ1v) is 4.88. The zero-order valence-electron chi connectivity index (χ0n) is 9.39. The van der Waals surface area contributed by atoms with E-state index in [4.69, 9.17) is 4.74 Å². The minimum atomic E-state index is -0.501. The van der Waals surface area contributed by atoms with Gasteiger partial charge in [0.15, 0.2) is 0 Å². The Labute approximate surface area is 93.2 Å². The lowest BCUT2D eigenvalue weighted by molar-refractivity contribution is -0.385. The number of hydrogen-bond donors (Lipinski definition) is 0. The normalized spacial score (nSPS) is 10.2. The first kappa shape index (κ1) is 12.2. The number of nitro benzene ring substituents is 1. The molecule has 0 unspecified atom stereocenters. The lowest BCUT2D eigenvalue weighted by atomic mass is 10.0. The van der Waals surface area contributed by atoms with Crippen LogP contribution in [0.4, 0.5) is 5.69 Å². The van der Waals surface area contributed by atoms with Crippen molar-refractivity contribution >= 4 is 11.7 Å². The highest BCUT2D eigenvalue weighted by Gasteiger charge is 2.13. The first-order chi connectivity index (χ1) is 7.40. The van der Waals surface area contributed by atoms with Gasteiger partial charge < -0.3 is 4.74 Å². The molecule has 0 radical (unpaired) electrons. The van der Waals surface area contributed by atoms with Crippen LogP contribution in [0.15, 0.2) is 18.2 Å². The average molecular weight is 223 g/mol. The van der Waals surface area contributed by atoms with Crippen molar-refractivity contribution in [1.29, 1.82) is 0 Å². The van der Waals surface area contributed by atoms with E-state index in [1.807, 2.05) is 13.8 Å². The molecule has 16 heavy (non-hydrogen) atoms. The van der Waals surface area contributed by atoms with Crippen LogP contribution >= 0.6 is 0 Å². The van der Waals surface area contributed by atoms with Crippen LogP contribution in [0.25, 0.3) is 0 Å². The van der Waals surface area contributed by atoms with Gasteiger partial charge in [-0.05, 0) is 17.5 Å². The lowest BCUT2D eigenvalue weighted by Gasteiger charge is -2.08. The maximum atomic E-state index is 10.8. The molecule has 0 saturated carbocycles. The van der Waals surface area contributed by atoms with Gasteiger partial charge >= 0.3 is 5.97 Å². The molecule has 0 bridgehead atoms. The number of non-ortho nitro benzene ring substituents is 1. The van der Waals surface area contributed by atoms with Crippen LogP contribution in [-0.4, -0.2) is 10.9 Å². The molecule has 0 fully saturated rings. The number of carbonyl (C=O) groups is 1. The van der Waals surface area contributed by atoms with E-state index in [0.717, 1.165) is 5.56 Å². The monoisotopic (exact) mass is 223 g/mol. The number of carbonyl (C=O) groups excluding carboxylic acids is 1. The zero-order chi connectivity index (χ0) is 12.3. The van der Waals surface area contributed by atoms with Gasteiger partial charge in [0.05, 0.1) is 11.0 Å². The second kappa shape index (κ2) is 4.74. The molecule has 0 amide bonds. The lowest BCUT2D eigenvalue weighted by Crippen LogP contribution is -2.03. The van der Waals surface area contributed by atoms with Crippen LogP contribution in [0.1, 0.15) is 32.3 Å². The molecule has 0 atom stereocenters. The van der Waals surface area contributed by atoms with E-state index in [1.54, 1.807) is 6.07 Å². The van der Waals surface area contributed by atoms with E-state index in [-0.39, 0.29) is 17.4 Å². The van der Waals surface area contributed by atoms with Crippen molar-refractivity contribution in [3.63, 3.8) is 0 Å². The molecule has 0 heterocycles. The van der Waals surface area contributed by atoms with Crippen molar-refractivity contribution < 1.29 is 14.5 Å². The van der Waals surface area contributed by atoms with Gasteiger partial charge in [0.2, 0.25) is 0 Å². The van der Waals surface area contributed by atoms with E-state index >= 15 is 0 Å². The quantitative estimate of drug-likeness (QED) is 0.342. The predicted molar refractivity (Wildman–Crippen MR) is 58.5 cm³/mol. The van der Waals surface area contributed by atoms with E-state index in [2.05, 4.69) is 0 Å². The Bertz CT molecular complexity index is 426. The summed E-state index contributed by atoms with van der Waals surface area (Å²) in [4.78, 5) is 21.0. The van der Waals surface area contributed by atoms with Gasteiger partial charge in [-0.1, -0.05) is 13.8 Å². The average Bonchev–Trinajstić information content (AvgIpc) is 2.15. The summed E-state index contributed by atoms with van der Waals surface area (Å²) in [5, 5.41) is 10.7. The summed E-state index contributed by atoms with van der Waals surface area (Å²) in [6.45, 7) is 5.08. The van der Waals surface area contributed by atoms with Crippen LogP contribution in [0.2, 0.25) is 0 Å². The van der Waals surface area contributed by atoms with Crippen molar-refractivity contribution in [2.75, 3.05) is 0 Å². The number of rotatable bonds is 3. The van der Waals surface area contributed by atoms with Crippen LogP contribution < -0.4 is 4.74 Å². The number of ether oxygens (including phenoxy) is 1. The Kier molecular flexibility index (Phi) is 3.60. The van der Waals surface area contributed by atoms with Crippen molar-refractivity contribution in [2.24, 2.45) is 0 Å². The standard InChI is InChI=1S/C11H13NO4/c1-7(2)9-4-10(12(14)15)6-11(5-9)16-8(3)13/h4-7H,1-3H3. The molecule has 1 rings (SSSR count). The third-order valence-electron chi connectivity index (χ3n) is 2.05. The largest absolute Gasteiger partial charge is 0.426 e. The molecular formula is C11H13NO4. The van der Waals surface area contributed by atoms with Crippen molar-refractivity contribution in [3.8, 4) is 5.75 Å². The molecule has 0 aliphatic carbocycles. The second-order valence-corrected chi connectivity index (χ2v) is 3.77. The Morgan fingerprint density at radius 1 is 1.38 bits per heavy atom. The van der Waals surface area contributed by atoms with Gasteiger partial charge in [-0.15, -0.1) is 0 Å². The van der Waals surface area contributed by atoms with E-state index in [9.17, 15) is 14.9 Å². The highest BCUT2D eigenvalue weighted by Crippen LogP contribution is 2.27. The summed E-state index contributed by atoms with van der Waals surface area (Å²) in [5.74, 6) is -0.144. The Balaban J connectivity index is 3.18. The summed E-state index contributed by atoms with van der Waals surface area (Å²) in [6.07, 6.45) is 0. The van der Waals surface area contributed by atoms with E-state index in [1.165, 1.54) is 19.1 Å². The van der Waals surface area contributed by atoms with Crippen molar-refractivity contribution in [2.45, 2.75) is 26.7 Å². The summed E-state index contributed by atoms with van der Waals surface area (Å²) in [5.41, 5.74) is 0.702. The first-order valence-electron chi connectivity index (χ1n) is 4.88. The van der Waals surface area contributed by atoms with E-state index < -0.39 is 10.9 Å². The Morgan fingerprint density at radius 2 is 2.00 bits per heavy atom. The summed E-state index contributed by atoms with van der Waals surface area (Å²) in [7, 11) is 0. The third-order valence-corrected chi connectivity index (χ3v) is 2.05. The molecule has 0 saturated heterocycles.